The zero-order valence-corrected chi connectivity index (χ0v) is 26.9. The van der Waals surface area contributed by atoms with Gasteiger partial charge < -0.3 is 9.64 Å². The molecule has 0 radical (unpaired) electrons. The number of aromatic nitrogens is 1. The molecule has 0 saturated carbocycles. The lowest BCUT2D eigenvalue weighted by Crippen LogP contribution is -2.50. The molecule has 0 spiro atoms. The van der Waals surface area contributed by atoms with Crippen molar-refractivity contribution in [3.05, 3.63) is 46.5 Å². The Kier molecular flexibility index (Phi) is 9.46. The predicted molar refractivity (Wildman–Crippen MR) is 172 cm³/mol. The molecule has 0 aliphatic carbocycles. The minimum absolute atomic E-state index is 0.120. The molecule has 1 atom stereocenters. The topological polar surface area (TPSA) is 117 Å². The van der Waals surface area contributed by atoms with E-state index in [1.54, 1.807) is 23.7 Å². The van der Waals surface area contributed by atoms with Crippen LogP contribution in [0.1, 0.15) is 60.2 Å². The third-order valence-electron chi connectivity index (χ3n) is 8.80. The van der Waals surface area contributed by atoms with Crippen LogP contribution in [0, 0.1) is 16.7 Å². The van der Waals surface area contributed by atoms with E-state index >= 15 is 0 Å². The highest BCUT2D eigenvalue weighted by Crippen LogP contribution is 2.41. The van der Waals surface area contributed by atoms with Crippen molar-refractivity contribution in [3.63, 3.8) is 0 Å². The number of amidine groups is 1. The van der Waals surface area contributed by atoms with E-state index in [1.807, 2.05) is 31.4 Å². The van der Waals surface area contributed by atoms with Crippen LogP contribution in [0.3, 0.4) is 0 Å². The summed E-state index contributed by atoms with van der Waals surface area (Å²) in [6, 6.07) is 7.95. The van der Waals surface area contributed by atoms with Crippen LogP contribution in [-0.2, 0) is 23.2 Å². The molecule has 1 aromatic heterocycles. The molecular weight excluding hydrogens is 586 g/mol. The second kappa shape index (κ2) is 12.9. The first-order valence-electron chi connectivity index (χ1n) is 14.7. The highest BCUT2D eigenvalue weighted by molar-refractivity contribution is 7.98. The summed E-state index contributed by atoms with van der Waals surface area (Å²) in [6.45, 7) is 8.48. The van der Waals surface area contributed by atoms with Gasteiger partial charge in [-0.3, -0.25) is 35.1 Å². The van der Waals surface area contributed by atoms with Gasteiger partial charge in [-0.15, -0.1) is 11.8 Å². The molecule has 2 aromatic rings. The monoisotopic (exact) mass is 625 g/mol. The van der Waals surface area contributed by atoms with Crippen LogP contribution in [0.5, 0.6) is 0 Å². The third kappa shape index (κ3) is 6.31. The number of nitrogens with zero attached hydrogens (tertiary/aromatic N) is 5. The Hall–Kier alpha value is -2.99. The van der Waals surface area contributed by atoms with E-state index in [4.69, 9.17) is 32.1 Å². The molecular formula is C31H40ClN7O3S. The number of piperidine rings is 1. The molecule has 3 aliphatic rings. The second-order valence-electron chi connectivity index (χ2n) is 11.9. The Labute approximate surface area is 262 Å². The number of hydrogen-bond acceptors (Lipinski definition) is 8. The molecule has 0 bridgehead atoms. The molecule has 12 heteroatoms. The standard InChI is InChI=1S/C31H40ClN7O3S/c1-5-38(30(32)41)27-11-22(31(17-42-18-31)13-26(34)36(3)19-33)12-28(35-27)39-16-24-23(29(39)40)9-21(10-25(24)43-4)15-37-8-6-7-20(2)14-37/h9-12,19-20,33-34H,5-8,13-18H2,1-4H3/t20-/m0/s1. The molecule has 1 aromatic carbocycles. The number of carbonyl (C=O) groups is 2. The summed E-state index contributed by atoms with van der Waals surface area (Å²) in [7, 11) is 1.67. The number of hydrogen-bond donors (Lipinski definition) is 2. The Morgan fingerprint density at radius 1 is 1.30 bits per heavy atom. The number of rotatable bonds is 10. The van der Waals surface area contributed by atoms with Crippen LogP contribution >= 0.6 is 23.4 Å². The lowest BCUT2D eigenvalue weighted by molar-refractivity contribution is -0.0571. The second-order valence-corrected chi connectivity index (χ2v) is 13.1. The van der Waals surface area contributed by atoms with E-state index in [0.717, 1.165) is 47.6 Å². The van der Waals surface area contributed by atoms with Crippen LogP contribution in [0.2, 0.25) is 0 Å². The van der Waals surface area contributed by atoms with E-state index in [0.29, 0.717) is 55.8 Å². The van der Waals surface area contributed by atoms with E-state index in [-0.39, 0.29) is 11.7 Å². The maximum atomic E-state index is 14.1. The molecule has 2 fully saturated rings. The third-order valence-corrected chi connectivity index (χ3v) is 9.81. The number of thioether (sulfide) groups is 1. The van der Waals surface area contributed by atoms with Crippen molar-refractivity contribution >= 4 is 58.4 Å². The average Bonchev–Trinajstić information content (AvgIpc) is 3.30. The van der Waals surface area contributed by atoms with Gasteiger partial charge in [0.25, 0.3) is 5.91 Å². The number of carbonyl (C=O) groups excluding carboxylic acids is 2. The first-order chi connectivity index (χ1) is 20.6. The van der Waals surface area contributed by atoms with Crippen LogP contribution in [0.25, 0.3) is 0 Å². The normalized spacial score (nSPS) is 19.5. The number of halogens is 1. The number of amides is 2. The molecule has 4 heterocycles. The fraction of sp³-hybridized carbons (Fsp3) is 0.516. The van der Waals surface area contributed by atoms with Crippen molar-refractivity contribution < 1.29 is 14.3 Å². The van der Waals surface area contributed by atoms with Crippen molar-refractivity contribution in [1.29, 1.82) is 10.8 Å². The highest BCUT2D eigenvalue weighted by atomic mass is 35.5. The SMILES string of the molecule is CCN(C(=O)Cl)c1cc(C2(CC(=N)N(C)C=N)COC2)cc(N2Cc3c(SC)cc(CN4CCC[C@H](C)C4)cc3C2=O)n1. The Balaban J connectivity index is 1.52. The van der Waals surface area contributed by atoms with Crippen LogP contribution in [0.15, 0.2) is 29.2 Å². The number of pyridine rings is 1. The summed E-state index contributed by atoms with van der Waals surface area (Å²) in [5.41, 5.74) is 3.07. The Morgan fingerprint density at radius 3 is 2.67 bits per heavy atom. The Morgan fingerprint density at radius 2 is 2.07 bits per heavy atom. The number of benzene rings is 1. The van der Waals surface area contributed by atoms with E-state index in [2.05, 4.69) is 17.9 Å². The number of ether oxygens (including phenoxy) is 1. The van der Waals surface area contributed by atoms with Gasteiger partial charge in [-0.1, -0.05) is 6.92 Å². The summed E-state index contributed by atoms with van der Waals surface area (Å²) in [4.78, 5) is 39.3. The predicted octanol–water partition coefficient (Wildman–Crippen LogP) is 5.56. The number of likely N-dealkylation sites (tertiary alicyclic amines) is 1. The van der Waals surface area contributed by atoms with Crippen molar-refractivity contribution in [2.45, 2.75) is 56.5 Å². The van der Waals surface area contributed by atoms with Crippen LogP contribution in [-0.4, -0.2) is 84.4 Å². The van der Waals surface area contributed by atoms with Crippen molar-refractivity contribution in [2.75, 3.05) is 56.0 Å². The lowest BCUT2D eigenvalue weighted by atomic mass is 9.75. The zero-order chi connectivity index (χ0) is 30.9. The van der Waals surface area contributed by atoms with Gasteiger partial charge in [0, 0.05) is 49.0 Å². The molecule has 230 valence electrons. The number of fused-ring (bicyclic) bond motifs is 1. The maximum Gasteiger partial charge on any atom is 0.321 e. The fourth-order valence-corrected chi connectivity index (χ4v) is 7.18. The molecule has 10 nitrogen and oxygen atoms in total. The van der Waals surface area contributed by atoms with Gasteiger partial charge >= 0.3 is 5.37 Å². The summed E-state index contributed by atoms with van der Waals surface area (Å²) < 4.78 is 5.64. The molecule has 2 amide bonds. The molecule has 2 saturated heterocycles. The van der Waals surface area contributed by atoms with E-state index in [9.17, 15) is 9.59 Å². The average molecular weight is 626 g/mol. The Bertz CT molecular complexity index is 1430. The van der Waals surface area contributed by atoms with Gasteiger partial charge in [-0.05, 0) is 91.0 Å². The number of nitrogens with one attached hydrogen (secondary N) is 2. The smallest absolute Gasteiger partial charge is 0.321 e. The van der Waals surface area contributed by atoms with Gasteiger partial charge in [-0.25, -0.2) is 4.98 Å². The minimum Gasteiger partial charge on any atom is -0.379 e. The highest BCUT2D eigenvalue weighted by Gasteiger charge is 2.43. The largest absolute Gasteiger partial charge is 0.379 e. The lowest BCUT2D eigenvalue weighted by Gasteiger charge is -2.43. The molecule has 2 N–H and O–H groups in total. The molecule has 3 aliphatic heterocycles. The van der Waals surface area contributed by atoms with Crippen molar-refractivity contribution in [2.24, 2.45) is 5.92 Å². The van der Waals surface area contributed by atoms with Gasteiger partial charge in [0.15, 0.2) is 0 Å². The van der Waals surface area contributed by atoms with Gasteiger partial charge in [0.2, 0.25) is 0 Å². The quantitative estimate of drug-likeness (QED) is 0.117. The van der Waals surface area contributed by atoms with Crippen LogP contribution in [0.4, 0.5) is 16.4 Å². The van der Waals surface area contributed by atoms with Crippen LogP contribution < -0.4 is 9.80 Å². The summed E-state index contributed by atoms with van der Waals surface area (Å²) >= 11 is 7.61. The van der Waals surface area contributed by atoms with E-state index < -0.39 is 10.8 Å². The van der Waals surface area contributed by atoms with Gasteiger partial charge in [0.1, 0.15) is 17.5 Å². The fourth-order valence-electron chi connectivity index (χ4n) is 6.28. The first-order valence-corrected chi connectivity index (χ1v) is 16.3. The summed E-state index contributed by atoms with van der Waals surface area (Å²) in [5, 5.41) is 15.4. The van der Waals surface area contributed by atoms with E-state index in [1.165, 1.54) is 22.6 Å². The van der Waals surface area contributed by atoms with Gasteiger partial charge in [-0.2, -0.15) is 0 Å². The molecule has 43 heavy (non-hydrogen) atoms. The number of anilines is 2. The molecule has 0 unspecified atom stereocenters. The van der Waals surface area contributed by atoms with Crippen molar-refractivity contribution in [3.8, 4) is 0 Å². The molecule has 5 rings (SSSR count). The summed E-state index contributed by atoms with van der Waals surface area (Å²) in [5.74, 6) is 1.60. The first kappa shape index (κ1) is 31.4. The summed E-state index contributed by atoms with van der Waals surface area (Å²) in [6.07, 6.45) is 5.93. The zero-order valence-electron chi connectivity index (χ0n) is 25.3. The maximum absolute atomic E-state index is 14.1. The van der Waals surface area contributed by atoms with Gasteiger partial charge in [0.05, 0.1) is 26.1 Å². The minimum atomic E-state index is -0.661. The van der Waals surface area contributed by atoms with Crippen molar-refractivity contribution in [1.82, 2.24) is 14.8 Å².